The van der Waals surface area contributed by atoms with Crippen LogP contribution in [-0.4, -0.2) is 30.6 Å². The van der Waals surface area contributed by atoms with Crippen molar-refractivity contribution < 1.29 is 9.53 Å². The molecule has 3 nitrogen and oxygen atoms in total. The smallest absolute Gasteiger partial charge is 0.320 e. The number of carbonyl (C=O) groups excluding carboxylic acids is 1. The van der Waals surface area contributed by atoms with Crippen molar-refractivity contribution in [1.29, 1.82) is 0 Å². The van der Waals surface area contributed by atoms with Crippen LogP contribution in [0.15, 0.2) is 0 Å². The van der Waals surface area contributed by atoms with Crippen molar-refractivity contribution in [2.45, 2.75) is 0 Å². The first-order valence-corrected chi connectivity index (χ1v) is 2.50. The topological polar surface area (TPSA) is 29.5 Å². The Kier molecular flexibility index (Phi) is 1.48. The van der Waals surface area contributed by atoms with E-state index in [1.54, 1.807) is 4.90 Å². The molecule has 0 aromatic rings. The standard InChI is InChI=1S/C5H8NO2/c1-6-2-3-8-5(7)4-6/h1-4H2. The number of rotatable bonds is 0. The van der Waals surface area contributed by atoms with E-state index in [9.17, 15) is 4.79 Å². The van der Waals surface area contributed by atoms with Crippen molar-refractivity contribution >= 4 is 5.97 Å². The van der Waals surface area contributed by atoms with Crippen molar-refractivity contribution in [3.05, 3.63) is 7.05 Å². The van der Waals surface area contributed by atoms with Gasteiger partial charge in [-0.05, 0) is 0 Å². The molecule has 1 aliphatic heterocycles. The van der Waals surface area contributed by atoms with E-state index in [1.165, 1.54) is 0 Å². The Morgan fingerprint density at radius 3 is 2.88 bits per heavy atom. The van der Waals surface area contributed by atoms with E-state index in [-0.39, 0.29) is 5.97 Å². The first-order chi connectivity index (χ1) is 3.79. The van der Waals surface area contributed by atoms with Crippen LogP contribution >= 0.6 is 0 Å². The molecule has 1 saturated heterocycles. The van der Waals surface area contributed by atoms with E-state index in [0.29, 0.717) is 13.2 Å². The minimum atomic E-state index is -0.175. The first-order valence-electron chi connectivity index (χ1n) is 2.50. The average molecular weight is 114 g/mol. The highest BCUT2D eigenvalue weighted by molar-refractivity contribution is 5.72. The zero-order valence-corrected chi connectivity index (χ0v) is 4.59. The molecule has 0 saturated carbocycles. The maximum absolute atomic E-state index is 10.4. The lowest BCUT2D eigenvalue weighted by Crippen LogP contribution is -2.35. The van der Waals surface area contributed by atoms with Crippen molar-refractivity contribution in [2.24, 2.45) is 0 Å². The summed E-state index contributed by atoms with van der Waals surface area (Å²) in [4.78, 5) is 12.1. The third kappa shape index (κ3) is 1.20. The second kappa shape index (κ2) is 2.13. The van der Waals surface area contributed by atoms with Gasteiger partial charge in [-0.15, -0.1) is 0 Å². The molecule has 0 unspecified atom stereocenters. The van der Waals surface area contributed by atoms with Crippen LogP contribution in [0, 0.1) is 7.05 Å². The Labute approximate surface area is 48.2 Å². The summed E-state index contributed by atoms with van der Waals surface area (Å²) in [5, 5.41) is 0. The summed E-state index contributed by atoms with van der Waals surface area (Å²) in [6.45, 7) is 1.58. The summed E-state index contributed by atoms with van der Waals surface area (Å²) in [5.41, 5.74) is 0. The number of nitrogens with zero attached hydrogens (tertiary/aromatic N) is 1. The Balaban J connectivity index is 2.34. The van der Waals surface area contributed by atoms with Crippen LogP contribution in [0.1, 0.15) is 0 Å². The predicted octanol–water partition coefficient (Wildman–Crippen LogP) is -0.363. The van der Waals surface area contributed by atoms with Crippen molar-refractivity contribution in [2.75, 3.05) is 19.7 Å². The third-order valence-electron chi connectivity index (χ3n) is 1.02. The Bertz CT molecular complexity index is 103. The largest absolute Gasteiger partial charge is 0.463 e. The molecule has 0 N–H and O–H groups in total. The molecule has 0 aromatic heterocycles. The van der Waals surface area contributed by atoms with E-state index in [2.05, 4.69) is 11.8 Å². The first kappa shape index (κ1) is 5.56. The molecule has 0 amide bonds. The zero-order valence-electron chi connectivity index (χ0n) is 4.59. The van der Waals surface area contributed by atoms with Gasteiger partial charge in [0.05, 0.1) is 6.54 Å². The van der Waals surface area contributed by atoms with E-state index < -0.39 is 0 Å². The fraction of sp³-hybridized carbons (Fsp3) is 0.600. The van der Waals surface area contributed by atoms with Crippen LogP contribution < -0.4 is 0 Å². The van der Waals surface area contributed by atoms with E-state index in [1.807, 2.05) is 0 Å². The molecule has 0 atom stereocenters. The van der Waals surface area contributed by atoms with Crippen LogP contribution in [0.25, 0.3) is 0 Å². The summed E-state index contributed by atoms with van der Waals surface area (Å²) in [7, 11) is 3.58. The Morgan fingerprint density at radius 1 is 1.75 bits per heavy atom. The van der Waals surface area contributed by atoms with Gasteiger partial charge in [-0.3, -0.25) is 9.69 Å². The number of hydrogen-bond acceptors (Lipinski definition) is 3. The molecule has 1 radical (unpaired) electrons. The molecule has 0 bridgehead atoms. The lowest BCUT2D eigenvalue weighted by atomic mass is 10.5. The highest BCUT2D eigenvalue weighted by Crippen LogP contribution is 1.93. The summed E-state index contributed by atoms with van der Waals surface area (Å²) in [6, 6.07) is 0. The van der Waals surface area contributed by atoms with Crippen molar-refractivity contribution in [3.63, 3.8) is 0 Å². The number of hydrogen-bond donors (Lipinski definition) is 0. The number of esters is 1. The maximum atomic E-state index is 10.4. The second-order valence-electron chi connectivity index (χ2n) is 1.77. The molecular formula is C5H8NO2. The number of morpholine rings is 1. The van der Waals surface area contributed by atoms with Crippen LogP contribution in [-0.2, 0) is 9.53 Å². The van der Waals surface area contributed by atoms with Crippen LogP contribution in [0.3, 0.4) is 0 Å². The van der Waals surface area contributed by atoms with Crippen molar-refractivity contribution in [1.82, 2.24) is 4.90 Å². The average Bonchev–Trinajstić information content (AvgIpc) is 1.64. The van der Waals surface area contributed by atoms with Gasteiger partial charge < -0.3 is 4.74 Å². The maximum Gasteiger partial charge on any atom is 0.320 e. The van der Waals surface area contributed by atoms with E-state index in [4.69, 9.17) is 0 Å². The molecule has 45 valence electrons. The minimum absolute atomic E-state index is 0.175. The minimum Gasteiger partial charge on any atom is -0.463 e. The summed E-state index contributed by atoms with van der Waals surface area (Å²) in [6.07, 6.45) is 0. The lowest BCUT2D eigenvalue weighted by Gasteiger charge is -2.20. The normalized spacial score (nSPS) is 22.9. The number of ether oxygens (including phenoxy) is 1. The van der Waals surface area contributed by atoms with Crippen LogP contribution in [0.4, 0.5) is 0 Å². The monoisotopic (exact) mass is 114 g/mol. The molecule has 0 aliphatic carbocycles. The van der Waals surface area contributed by atoms with E-state index >= 15 is 0 Å². The fourth-order valence-corrected chi connectivity index (χ4v) is 0.596. The van der Waals surface area contributed by atoms with Gasteiger partial charge in [0.15, 0.2) is 0 Å². The van der Waals surface area contributed by atoms with Gasteiger partial charge in [-0.1, -0.05) is 0 Å². The second-order valence-corrected chi connectivity index (χ2v) is 1.77. The van der Waals surface area contributed by atoms with Gasteiger partial charge in [0, 0.05) is 13.6 Å². The third-order valence-corrected chi connectivity index (χ3v) is 1.02. The van der Waals surface area contributed by atoms with Crippen LogP contribution in [0.5, 0.6) is 0 Å². The van der Waals surface area contributed by atoms with E-state index in [0.717, 1.165) is 6.54 Å². The van der Waals surface area contributed by atoms with Crippen molar-refractivity contribution in [3.8, 4) is 0 Å². The van der Waals surface area contributed by atoms with Gasteiger partial charge in [-0.25, -0.2) is 0 Å². The molecular weight excluding hydrogens is 106 g/mol. The molecule has 0 spiro atoms. The Hall–Kier alpha value is -0.570. The quantitative estimate of drug-likeness (QED) is 0.403. The fourth-order valence-electron chi connectivity index (χ4n) is 0.596. The SMILES string of the molecule is [CH2]N1CCOC(=O)C1. The number of cyclic esters (lactones) is 1. The van der Waals surface area contributed by atoms with Gasteiger partial charge in [0.25, 0.3) is 0 Å². The molecule has 1 heterocycles. The van der Waals surface area contributed by atoms with Gasteiger partial charge in [-0.2, -0.15) is 0 Å². The summed E-state index contributed by atoms with van der Waals surface area (Å²) >= 11 is 0. The van der Waals surface area contributed by atoms with Gasteiger partial charge in [0.1, 0.15) is 6.61 Å². The molecule has 8 heavy (non-hydrogen) atoms. The lowest BCUT2D eigenvalue weighted by molar-refractivity contribution is -0.149. The highest BCUT2D eigenvalue weighted by Gasteiger charge is 2.12. The molecule has 0 aromatic carbocycles. The summed E-state index contributed by atoms with van der Waals surface area (Å²) < 4.78 is 4.63. The highest BCUT2D eigenvalue weighted by atomic mass is 16.5. The number of carbonyl (C=O) groups is 1. The zero-order chi connectivity index (χ0) is 5.98. The predicted molar refractivity (Wildman–Crippen MR) is 27.9 cm³/mol. The molecule has 1 rings (SSSR count). The molecule has 1 fully saturated rings. The molecule has 3 heteroatoms. The van der Waals surface area contributed by atoms with Crippen LogP contribution in [0.2, 0.25) is 0 Å². The summed E-state index contributed by atoms with van der Waals surface area (Å²) in [5.74, 6) is -0.175. The van der Waals surface area contributed by atoms with Gasteiger partial charge in [0.2, 0.25) is 0 Å². The Morgan fingerprint density at radius 2 is 2.50 bits per heavy atom. The van der Waals surface area contributed by atoms with Gasteiger partial charge >= 0.3 is 5.97 Å². The molecule has 1 aliphatic rings.